The van der Waals surface area contributed by atoms with E-state index in [0.717, 1.165) is 30.8 Å². The highest BCUT2D eigenvalue weighted by Crippen LogP contribution is 2.39. The number of hydrogen-bond donors (Lipinski definition) is 0. The predicted molar refractivity (Wildman–Crippen MR) is 61.8 cm³/mol. The van der Waals surface area contributed by atoms with Crippen LogP contribution in [0.25, 0.3) is 0 Å². The summed E-state index contributed by atoms with van der Waals surface area (Å²) in [6.45, 7) is 3.76. The van der Waals surface area contributed by atoms with E-state index in [9.17, 15) is 4.79 Å². The van der Waals surface area contributed by atoms with Gasteiger partial charge in [0.05, 0.1) is 0 Å². The van der Waals surface area contributed by atoms with E-state index in [1.54, 1.807) is 13.0 Å². The quantitative estimate of drug-likeness (QED) is 0.717. The molecule has 1 aliphatic heterocycles. The Hall–Kier alpha value is -1.25. The lowest BCUT2D eigenvalue weighted by molar-refractivity contribution is 0.0988. The molecule has 0 spiro atoms. The molecular formula is C13H17NO2. The zero-order valence-electron chi connectivity index (χ0n) is 9.61. The van der Waals surface area contributed by atoms with Gasteiger partial charge in [-0.2, -0.15) is 0 Å². The van der Waals surface area contributed by atoms with Gasteiger partial charge in [-0.1, -0.05) is 6.42 Å². The van der Waals surface area contributed by atoms with E-state index in [0.29, 0.717) is 5.76 Å². The zero-order valence-corrected chi connectivity index (χ0v) is 9.61. The molecule has 3 rings (SSSR count). The van der Waals surface area contributed by atoms with Gasteiger partial charge >= 0.3 is 0 Å². The van der Waals surface area contributed by atoms with Crippen LogP contribution in [0.2, 0.25) is 0 Å². The third kappa shape index (κ3) is 1.55. The van der Waals surface area contributed by atoms with Crippen molar-refractivity contribution < 1.29 is 9.21 Å². The summed E-state index contributed by atoms with van der Waals surface area (Å²) >= 11 is 0. The van der Waals surface area contributed by atoms with E-state index in [1.807, 2.05) is 6.07 Å². The van der Waals surface area contributed by atoms with Gasteiger partial charge in [-0.25, -0.2) is 0 Å². The molecule has 16 heavy (non-hydrogen) atoms. The molecule has 0 bridgehead atoms. The van der Waals surface area contributed by atoms with Crippen LogP contribution in [0.1, 0.15) is 36.7 Å². The molecule has 0 N–H and O–H groups in total. The Morgan fingerprint density at radius 2 is 2.00 bits per heavy atom. The van der Waals surface area contributed by atoms with Gasteiger partial charge in [0.1, 0.15) is 0 Å². The average molecular weight is 219 g/mol. The summed E-state index contributed by atoms with van der Waals surface area (Å²) in [6, 6.07) is 3.71. The van der Waals surface area contributed by atoms with Crippen molar-refractivity contribution in [3.8, 4) is 0 Å². The van der Waals surface area contributed by atoms with E-state index < -0.39 is 0 Å². The van der Waals surface area contributed by atoms with Crippen LogP contribution in [0.15, 0.2) is 16.5 Å². The maximum absolute atomic E-state index is 11.2. The molecule has 1 saturated heterocycles. The molecule has 2 heterocycles. The molecule has 0 amide bonds. The van der Waals surface area contributed by atoms with Crippen molar-refractivity contribution in [1.82, 2.24) is 0 Å². The molecule has 0 radical (unpaired) electrons. The van der Waals surface area contributed by atoms with Crippen molar-refractivity contribution in [2.24, 2.45) is 11.8 Å². The fourth-order valence-corrected chi connectivity index (χ4v) is 3.10. The molecule has 2 aliphatic rings. The second kappa shape index (κ2) is 3.65. The highest BCUT2D eigenvalue weighted by atomic mass is 16.4. The topological polar surface area (TPSA) is 33.5 Å². The van der Waals surface area contributed by atoms with E-state index in [4.69, 9.17) is 4.42 Å². The Morgan fingerprint density at radius 1 is 1.31 bits per heavy atom. The zero-order chi connectivity index (χ0) is 11.1. The third-order valence-corrected chi connectivity index (χ3v) is 3.98. The van der Waals surface area contributed by atoms with E-state index >= 15 is 0 Å². The largest absolute Gasteiger partial charge is 0.437 e. The maximum atomic E-state index is 11.2. The van der Waals surface area contributed by atoms with Gasteiger partial charge in [0.15, 0.2) is 17.4 Å². The first-order valence-electron chi connectivity index (χ1n) is 6.10. The number of carbonyl (C=O) groups excluding carboxylic acids is 1. The van der Waals surface area contributed by atoms with Gasteiger partial charge < -0.3 is 9.32 Å². The third-order valence-electron chi connectivity index (χ3n) is 3.98. The Kier molecular flexibility index (Phi) is 2.27. The summed E-state index contributed by atoms with van der Waals surface area (Å²) in [6.07, 6.45) is 4.11. The van der Waals surface area contributed by atoms with Gasteiger partial charge in [0.25, 0.3) is 0 Å². The molecule has 0 aromatic carbocycles. The minimum atomic E-state index is 0.00522. The fourth-order valence-electron chi connectivity index (χ4n) is 3.10. The molecule has 2 unspecified atom stereocenters. The Labute approximate surface area is 95.4 Å². The number of hydrogen-bond acceptors (Lipinski definition) is 3. The second-order valence-electron chi connectivity index (χ2n) is 5.05. The summed E-state index contributed by atoms with van der Waals surface area (Å²) in [5.74, 6) is 3.06. The van der Waals surface area contributed by atoms with Crippen LogP contribution >= 0.6 is 0 Å². The van der Waals surface area contributed by atoms with Crippen LogP contribution in [-0.2, 0) is 0 Å². The van der Waals surface area contributed by atoms with Crippen LogP contribution in [0.5, 0.6) is 0 Å². The molecule has 1 saturated carbocycles. The number of nitrogens with zero attached hydrogens (tertiary/aromatic N) is 1. The van der Waals surface area contributed by atoms with Gasteiger partial charge in [0.2, 0.25) is 0 Å². The number of carbonyl (C=O) groups is 1. The van der Waals surface area contributed by atoms with Crippen LogP contribution < -0.4 is 4.90 Å². The maximum Gasteiger partial charge on any atom is 0.196 e. The van der Waals surface area contributed by atoms with Crippen LogP contribution in [0.3, 0.4) is 0 Å². The summed E-state index contributed by atoms with van der Waals surface area (Å²) in [4.78, 5) is 13.4. The standard InChI is InChI=1S/C13H17NO2/c1-9(15)12-5-6-13(16-12)14-7-10-3-2-4-11(10)8-14/h5-6,10-11H,2-4,7-8H2,1H3. The molecule has 1 aliphatic carbocycles. The van der Waals surface area contributed by atoms with E-state index in [2.05, 4.69) is 4.90 Å². The molecular weight excluding hydrogens is 202 g/mol. The Morgan fingerprint density at radius 3 is 2.56 bits per heavy atom. The van der Waals surface area contributed by atoms with Crippen molar-refractivity contribution in [3.05, 3.63) is 17.9 Å². The molecule has 3 nitrogen and oxygen atoms in total. The van der Waals surface area contributed by atoms with Crippen molar-refractivity contribution in [2.45, 2.75) is 26.2 Å². The smallest absolute Gasteiger partial charge is 0.196 e. The van der Waals surface area contributed by atoms with Gasteiger partial charge in [-0.15, -0.1) is 0 Å². The number of fused-ring (bicyclic) bond motifs is 1. The normalized spacial score (nSPS) is 28.4. The number of anilines is 1. The highest BCUT2D eigenvalue weighted by Gasteiger charge is 2.37. The molecule has 3 heteroatoms. The summed E-state index contributed by atoms with van der Waals surface area (Å²) < 4.78 is 5.57. The molecule has 1 aromatic heterocycles. The van der Waals surface area contributed by atoms with Gasteiger partial charge in [0, 0.05) is 26.1 Å². The lowest BCUT2D eigenvalue weighted by Gasteiger charge is -2.15. The minimum absolute atomic E-state index is 0.00522. The first-order valence-corrected chi connectivity index (χ1v) is 6.10. The predicted octanol–water partition coefficient (Wildman–Crippen LogP) is 2.72. The lowest BCUT2D eigenvalue weighted by Crippen LogP contribution is -2.19. The molecule has 86 valence electrons. The first-order chi connectivity index (χ1) is 7.74. The van der Waals surface area contributed by atoms with Crippen molar-refractivity contribution in [3.63, 3.8) is 0 Å². The summed E-state index contributed by atoms with van der Waals surface area (Å²) in [5.41, 5.74) is 0. The number of ketones is 1. The molecule has 2 atom stereocenters. The minimum Gasteiger partial charge on any atom is -0.437 e. The van der Waals surface area contributed by atoms with E-state index in [1.165, 1.54) is 19.3 Å². The van der Waals surface area contributed by atoms with Crippen molar-refractivity contribution in [2.75, 3.05) is 18.0 Å². The fraction of sp³-hybridized carbons (Fsp3) is 0.615. The summed E-state index contributed by atoms with van der Waals surface area (Å²) in [7, 11) is 0. The van der Waals surface area contributed by atoms with Crippen molar-refractivity contribution in [1.29, 1.82) is 0 Å². The lowest BCUT2D eigenvalue weighted by atomic mass is 10.0. The number of Topliss-reactive ketones (excluding diaryl/α,β-unsaturated/α-hetero) is 1. The Bertz CT molecular complexity index is 398. The van der Waals surface area contributed by atoms with Crippen LogP contribution in [0.4, 0.5) is 5.88 Å². The van der Waals surface area contributed by atoms with Crippen LogP contribution in [-0.4, -0.2) is 18.9 Å². The average Bonchev–Trinajstić information content (AvgIpc) is 2.91. The molecule has 2 fully saturated rings. The Balaban J connectivity index is 1.76. The second-order valence-corrected chi connectivity index (χ2v) is 5.05. The number of furan rings is 1. The first kappa shape index (κ1) is 9.94. The molecule has 1 aromatic rings. The highest BCUT2D eigenvalue weighted by molar-refractivity contribution is 5.91. The van der Waals surface area contributed by atoms with Crippen LogP contribution in [0, 0.1) is 11.8 Å². The van der Waals surface area contributed by atoms with E-state index in [-0.39, 0.29) is 5.78 Å². The SMILES string of the molecule is CC(=O)c1ccc(N2CC3CCCC3C2)o1. The van der Waals surface area contributed by atoms with Crippen molar-refractivity contribution >= 4 is 11.7 Å². The monoisotopic (exact) mass is 219 g/mol. The number of rotatable bonds is 2. The van der Waals surface area contributed by atoms with Gasteiger partial charge in [-0.3, -0.25) is 4.79 Å². The summed E-state index contributed by atoms with van der Waals surface area (Å²) in [5, 5.41) is 0. The van der Waals surface area contributed by atoms with Gasteiger partial charge in [-0.05, 0) is 30.7 Å².